The lowest BCUT2D eigenvalue weighted by atomic mass is 10.3. The molecular weight excluding hydrogens is 250 g/mol. The summed E-state index contributed by atoms with van der Waals surface area (Å²) in [4.78, 5) is 13.9. The summed E-state index contributed by atoms with van der Waals surface area (Å²) in [5.41, 5.74) is 5.78. The van der Waals surface area contributed by atoms with Gasteiger partial charge < -0.3 is 11.1 Å². The van der Waals surface area contributed by atoms with E-state index >= 15 is 0 Å². The Balaban J connectivity index is 2.16. The van der Waals surface area contributed by atoms with E-state index in [0.29, 0.717) is 18.2 Å². The minimum absolute atomic E-state index is 0.241. The van der Waals surface area contributed by atoms with E-state index in [-0.39, 0.29) is 11.4 Å². The number of aromatic amines is 1. The number of nitrogens with zero attached hydrogens (tertiary/aromatic N) is 4. The molecule has 2 aromatic heterocycles. The Kier molecular flexibility index (Phi) is 3.24. The van der Waals surface area contributed by atoms with Gasteiger partial charge in [-0.3, -0.25) is 15.2 Å². The molecule has 9 heteroatoms. The third-order valence-electron chi connectivity index (χ3n) is 2.39. The molecule has 0 amide bonds. The lowest BCUT2D eigenvalue weighted by Gasteiger charge is -2.04. The molecule has 2 rings (SSSR count). The van der Waals surface area contributed by atoms with Crippen LogP contribution in [0.25, 0.3) is 0 Å². The molecule has 0 atom stereocenters. The number of hydrogen-bond donors (Lipinski definition) is 3. The van der Waals surface area contributed by atoms with Gasteiger partial charge in [0, 0.05) is 18.2 Å². The maximum absolute atomic E-state index is 10.6. The Morgan fingerprint density at radius 3 is 2.95 bits per heavy atom. The van der Waals surface area contributed by atoms with Crippen LogP contribution >= 0.6 is 0 Å². The molecule has 0 spiro atoms. The maximum atomic E-state index is 10.6. The van der Waals surface area contributed by atoms with Gasteiger partial charge >= 0.3 is 5.69 Å². The van der Waals surface area contributed by atoms with Crippen LogP contribution in [0, 0.1) is 21.4 Å². The summed E-state index contributed by atoms with van der Waals surface area (Å²) in [7, 11) is 0. The lowest BCUT2D eigenvalue weighted by Crippen LogP contribution is -2.04. The van der Waals surface area contributed by atoms with Gasteiger partial charge in [-0.1, -0.05) is 0 Å². The van der Waals surface area contributed by atoms with Crippen molar-refractivity contribution in [1.82, 2.24) is 15.2 Å². The number of nitrogen functional groups attached to an aromatic ring is 1. The van der Waals surface area contributed by atoms with Crippen molar-refractivity contribution in [3.05, 3.63) is 39.7 Å². The lowest BCUT2D eigenvalue weighted by molar-refractivity contribution is -0.385. The minimum Gasteiger partial charge on any atom is -0.384 e. The van der Waals surface area contributed by atoms with Crippen molar-refractivity contribution in [3.63, 3.8) is 0 Å². The molecule has 0 aliphatic heterocycles. The zero-order valence-corrected chi connectivity index (χ0v) is 9.62. The predicted molar refractivity (Wildman–Crippen MR) is 65.9 cm³/mol. The Hall–Kier alpha value is -3.15. The maximum Gasteiger partial charge on any atom is 0.305 e. The van der Waals surface area contributed by atoms with Gasteiger partial charge in [-0.2, -0.15) is 10.4 Å². The van der Waals surface area contributed by atoms with Crippen LogP contribution < -0.4 is 11.1 Å². The monoisotopic (exact) mass is 259 g/mol. The first kappa shape index (κ1) is 12.3. The quantitative estimate of drug-likeness (QED) is 0.542. The van der Waals surface area contributed by atoms with Crippen molar-refractivity contribution in [3.8, 4) is 6.07 Å². The van der Waals surface area contributed by atoms with Crippen molar-refractivity contribution in [2.75, 3.05) is 11.1 Å². The van der Waals surface area contributed by atoms with Crippen LogP contribution in [0.2, 0.25) is 0 Å². The number of nitriles is 1. The molecule has 0 aromatic carbocycles. The van der Waals surface area contributed by atoms with Gasteiger partial charge in [0.1, 0.15) is 17.7 Å². The smallest absolute Gasteiger partial charge is 0.305 e. The highest BCUT2D eigenvalue weighted by Gasteiger charge is 2.15. The highest BCUT2D eigenvalue weighted by molar-refractivity contribution is 5.51. The predicted octanol–water partition coefficient (Wildman–Crippen LogP) is 0.779. The van der Waals surface area contributed by atoms with E-state index in [1.165, 1.54) is 12.1 Å². The molecule has 96 valence electrons. The van der Waals surface area contributed by atoms with Crippen molar-refractivity contribution in [2.24, 2.45) is 0 Å². The van der Waals surface area contributed by atoms with E-state index in [1.807, 2.05) is 0 Å². The fraction of sp³-hybridized carbons (Fsp3) is 0.100. The number of H-pyrrole nitrogens is 1. The average Bonchev–Trinajstić information content (AvgIpc) is 2.81. The molecule has 0 aliphatic rings. The van der Waals surface area contributed by atoms with Gasteiger partial charge in [-0.15, -0.1) is 0 Å². The number of nitrogens with one attached hydrogen (secondary N) is 2. The molecule has 19 heavy (non-hydrogen) atoms. The molecule has 0 bridgehead atoms. The van der Waals surface area contributed by atoms with Crippen LogP contribution in [0.1, 0.15) is 11.3 Å². The number of rotatable bonds is 4. The summed E-state index contributed by atoms with van der Waals surface area (Å²) in [5.74, 6) is 0.776. The zero-order valence-electron chi connectivity index (χ0n) is 9.62. The van der Waals surface area contributed by atoms with Crippen LogP contribution in [0.4, 0.5) is 17.3 Å². The number of aromatic nitrogens is 3. The van der Waals surface area contributed by atoms with Crippen LogP contribution in [-0.2, 0) is 6.54 Å². The van der Waals surface area contributed by atoms with Crippen LogP contribution in [0.3, 0.4) is 0 Å². The molecule has 0 aliphatic carbocycles. The van der Waals surface area contributed by atoms with Gasteiger partial charge in [0.15, 0.2) is 0 Å². The first-order valence-electron chi connectivity index (χ1n) is 5.19. The average molecular weight is 259 g/mol. The molecule has 2 heterocycles. The Bertz CT molecular complexity index is 658. The summed E-state index contributed by atoms with van der Waals surface area (Å²) < 4.78 is 0. The molecule has 0 unspecified atom stereocenters. The van der Waals surface area contributed by atoms with E-state index in [0.717, 1.165) is 5.56 Å². The van der Waals surface area contributed by atoms with Crippen LogP contribution in [0.15, 0.2) is 18.3 Å². The molecule has 0 saturated heterocycles. The third-order valence-corrected chi connectivity index (χ3v) is 2.39. The second-order valence-corrected chi connectivity index (χ2v) is 3.60. The first-order valence-corrected chi connectivity index (χ1v) is 5.19. The van der Waals surface area contributed by atoms with Gasteiger partial charge in [-0.05, 0) is 6.07 Å². The zero-order chi connectivity index (χ0) is 13.8. The highest BCUT2D eigenvalue weighted by Crippen LogP contribution is 2.18. The highest BCUT2D eigenvalue weighted by atomic mass is 16.6. The molecule has 2 aromatic rings. The third kappa shape index (κ3) is 2.58. The first-order chi connectivity index (χ1) is 9.11. The van der Waals surface area contributed by atoms with E-state index in [4.69, 9.17) is 11.0 Å². The van der Waals surface area contributed by atoms with Gasteiger partial charge in [0.2, 0.25) is 5.69 Å². The molecule has 9 nitrogen and oxygen atoms in total. The summed E-state index contributed by atoms with van der Waals surface area (Å²) in [6.07, 6.45) is 1.55. The summed E-state index contributed by atoms with van der Waals surface area (Å²) >= 11 is 0. The fourth-order valence-electron chi connectivity index (χ4n) is 1.43. The van der Waals surface area contributed by atoms with Crippen molar-refractivity contribution >= 4 is 17.3 Å². The van der Waals surface area contributed by atoms with Crippen molar-refractivity contribution in [1.29, 1.82) is 5.26 Å². The second-order valence-electron chi connectivity index (χ2n) is 3.60. The number of hydrogen-bond acceptors (Lipinski definition) is 7. The number of nitrogens with two attached hydrogens (primary N) is 1. The molecule has 0 saturated carbocycles. The van der Waals surface area contributed by atoms with E-state index in [9.17, 15) is 10.1 Å². The van der Waals surface area contributed by atoms with Crippen LogP contribution in [-0.4, -0.2) is 20.1 Å². The van der Waals surface area contributed by atoms with Crippen molar-refractivity contribution < 1.29 is 4.92 Å². The number of pyridine rings is 1. The normalized spacial score (nSPS) is 9.84. The van der Waals surface area contributed by atoms with E-state index < -0.39 is 4.92 Å². The Morgan fingerprint density at radius 2 is 2.37 bits per heavy atom. The topological polar surface area (TPSA) is 147 Å². The number of anilines is 2. The van der Waals surface area contributed by atoms with Crippen molar-refractivity contribution in [2.45, 2.75) is 6.54 Å². The van der Waals surface area contributed by atoms with E-state index in [2.05, 4.69) is 20.5 Å². The molecule has 4 N–H and O–H groups in total. The second kappa shape index (κ2) is 5.01. The van der Waals surface area contributed by atoms with Crippen LogP contribution in [0.5, 0.6) is 0 Å². The molecule has 0 radical (unpaired) electrons. The minimum atomic E-state index is -0.649. The van der Waals surface area contributed by atoms with Gasteiger partial charge in [0.25, 0.3) is 0 Å². The Labute approximate surface area is 107 Å². The van der Waals surface area contributed by atoms with E-state index in [1.54, 1.807) is 12.3 Å². The molecule has 0 fully saturated rings. The summed E-state index contributed by atoms with van der Waals surface area (Å²) in [6.45, 7) is 0.345. The number of nitro groups is 1. The standard InChI is InChI=1S/C10H9N7O2/c11-3-7-8(17(18)19)1-2-9(15-7)13-4-6-5-14-16-10(6)12/h1-2,5H,4H2,(H,13,15)(H3,12,14,16). The fourth-order valence-corrected chi connectivity index (χ4v) is 1.43. The largest absolute Gasteiger partial charge is 0.384 e. The summed E-state index contributed by atoms with van der Waals surface area (Å²) in [5, 5.41) is 28.7. The molecular formula is C10H9N7O2. The SMILES string of the molecule is N#Cc1nc(NCc2cn[nH]c2N)ccc1[N+](=O)[O-]. The Morgan fingerprint density at radius 1 is 1.58 bits per heavy atom. The van der Waals surface area contributed by atoms with Gasteiger partial charge in [-0.25, -0.2) is 4.98 Å². The van der Waals surface area contributed by atoms with Gasteiger partial charge in [0.05, 0.1) is 11.1 Å². The summed E-state index contributed by atoms with van der Waals surface area (Å²) in [6, 6.07) is 4.34.